The summed E-state index contributed by atoms with van der Waals surface area (Å²) in [6.07, 6.45) is 2.09. The minimum absolute atomic E-state index is 0.0521. The monoisotopic (exact) mass is 183 g/mol. The summed E-state index contributed by atoms with van der Waals surface area (Å²) in [5.41, 5.74) is 0. The third-order valence-corrected chi connectivity index (χ3v) is 3.30. The molecule has 3 atom stereocenters. The summed E-state index contributed by atoms with van der Waals surface area (Å²) < 4.78 is 0. The summed E-state index contributed by atoms with van der Waals surface area (Å²) in [5.74, 6) is -0.671. The number of rotatable bonds is 1. The Balaban J connectivity index is 2.21. The highest BCUT2D eigenvalue weighted by Crippen LogP contribution is 2.40. The number of carboxylic acid groups (broad SMARTS) is 1. The summed E-state index contributed by atoms with van der Waals surface area (Å²) in [6.45, 7) is 0. The van der Waals surface area contributed by atoms with Crippen molar-refractivity contribution >= 4 is 11.9 Å². The first kappa shape index (κ1) is 8.53. The van der Waals surface area contributed by atoms with Crippen LogP contribution in [0.1, 0.15) is 19.3 Å². The molecule has 0 aromatic heterocycles. The standard InChI is InChI=1S/C9H13NO3/c1-10-7-3-5(4-8(10)11)2-6(7)9(12)13/h5-7H,2-4H2,1H3,(H,12,13)/t5-,6-,7+/m0/s1. The average molecular weight is 183 g/mol. The van der Waals surface area contributed by atoms with Gasteiger partial charge in [0.2, 0.25) is 5.91 Å². The fourth-order valence-corrected chi connectivity index (χ4v) is 2.55. The van der Waals surface area contributed by atoms with Crippen molar-refractivity contribution < 1.29 is 14.7 Å². The van der Waals surface area contributed by atoms with Crippen molar-refractivity contribution in [2.45, 2.75) is 25.3 Å². The van der Waals surface area contributed by atoms with E-state index < -0.39 is 5.97 Å². The second-order valence-electron chi connectivity index (χ2n) is 4.06. The van der Waals surface area contributed by atoms with E-state index in [-0.39, 0.29) is 17.9 Å². The van der Waals surface area contributed by atoms with E-state index in [0.29, 0.717) is 18.8 Å². The lowest BCUT2D eigenvalue weighted by Crippen LogP contribution is -2.43. The topological polar surface area (TPSA) is 57.6 Å². The normalized spacial score (nSPS) is 38.1. The van der Waals surface area contributed by atoms with Gasteiger partial charge in [-0.1, -0.05) is 0 Å². The predicted molar refractivity (Wildman–Crippen MR) is 45.0 cm³/mol. The van der Waals surface area contributed by atoms with E-state index in [1.807, 2.05) is 0 Å². The first-order valence-electron chi connectivity index (χ1n) is 4.58. The van der Waals surface area contributed by atoms with E-state index in [1.54, 1.807) is 11.9 Å². The molecule has 2 fully saturated rings. The molecule has 0 unspecified atom stereocenters. The highest BCUT2D eigenvalue weighted by molar-refractivity contribution is 5.80. The Kier molecular flexibility index (Phi) is 1.78. The van der Waals surface area contributed by atoms with Crippen LogP contribution in [0.25, 0.3) is 0 Å². The molecule has 1 heterocycles. The zero-order valence-corrected chi connectivity index (χ0v) is 7.56. The lowest BCUT2D eigenvalue weighted by Gasteiger charge is -2.30. The SMILES string of the molecule is CN1C(=O)C[C@H]2C[C@H](C(=O)O)[C@H]1C2. The molecule has 1 saturated heterocycles. The molecule has 0 aromatic carbocycles. The molecule has 1 N–H and O–H groups in total. The number of amides is 1. The molecule has 1 aliphatic heterocycles. The average Bonchev–Trinajstić information content (AvgIpc) is 2.41. The Morgan fingerprint density at radius 2 is 2.23 bits per heavy atom. The van der Waals surface area contributed by atoms with E-state index >= 15 is 0 Å². The maximum atomic E-state index is 11.4. The molecule has 1 saturated carbocycles. The second kappa shape index (κ2) is 2.72. The van der Waals surface area contributed by atoms with Gasteiger partial charge < -0.3 is 10.0 Å². The molecule has 4 nitrogen and oxygen atoms in total. The molecule has 72 valence electrons. The molecule has 1 aliphatic carbocycles. The highest BCUT2D eigenvalue weighted by atomic mass is 16.4. The van der Waals surface area contributed by atoms with Crippen molar-refractivity contribution in [3.63, 3.8) is 0 Å². The van der Waals surface area contributed by atoms with Gasteiger partial charge in [-0.15, -0.1) is 0 Å². The van der Waals surface area contributed by atoms with Gasteiger partial charge in [0.25, 0.3) is 0 Å². The van der Waals surface area contributed by atoms with Gasteiger partial charge >= 0.3 is 5.97 Å². The number of nitrogens with zero attached hydrogens (tertiary/aromatic N) is 1. The zero-order valence-electron chi connectivity index (χ0n) is 7.56. The van der Waals surface area contributed by atoms with Crippen LogP contribution in [-0.4, -0.2) is 35.0 Å². The van der Waals surface area contributed by atoms with Crippen LogP contribution in [-0.2, 0) is 9.59 Å². The fraction of sp³-hybridized carbons (Fsp3) is 0.778. The van der Waals surface area contributed by atoms with Crippen LogP contribution in [0.3, 0.4) is 0 Å². The highest BCUT2D eigenvalue weighted by Gasteiger charge is 2.46. The van der Waals surface area contributed by atoms with Crippen molar-refractivity contribution in [2.75, 3.05) is 7.05 Å². The Morgan fingerprint density at radius 1 is 1.54 bits per heavy atom. The molecule has 0 radical (unpaired) electrons. The van der Waals surface area contributed by atoms with Crippen LogP contribution in [0.15, 0.2) is 0 Å². The van der Waals surface area contributed by atoms with E-state index in [0.717, 1.165) is 6.42 Å². The van der Waals surface area contributed by atoms with E-state index in [9.17, 15) is 9.59 Å². The van der Waals surface area contributed by atoms with Crippen LogP contribution in [0.5, 0.6) is 0 Å². The van der Waals surface area contributed by atoms with Crippen molar-refractivity contribution in [3.8, 4) is 0 Å². The van der Waals surface area contributed by atoms with Gasteiger partial charge in [0.1, 0.15) is 0 Å². The van der Waals surface area contributed by atoms with E-state index in [1.165, 1.54) is 0 Å². The van der Waals surface area contributed by atoms with Crippen LogP contribution < -0.4 is 0 Å². The summed E-state index contributed by atoms with van der Waals surface area (Å²) >= 11 is 0. The maximum absolute atomic E-state index is 11.4. The number of piperidine rings is 1. The second-order valence-corrected chi connectivity index (χ2v) is 4.06. The van der Waals surface area contributed by atoms with Crippen molar-refractivity contribution in [2.24, 2.45) is 11.8 Å². The van der Waals surface area contributed by atoms with Gasteiger partial charge in [-0.2, -0.15) is 0 Å². The molecular formula is C9H13NO3. The number of aliphatic carboxylic acids is 1. The molecule has 2 aliphatic rings. The van der Waals surface area contributed by atoms with Crippen LogP contribution >= 0.6 is 0 Å². The number of carbonyl (C=O) groups excluding carboxylic acids is 1. The van der Waals surface area contributed by atoms with Crippen molar-refractivity contribution in [1.82, 2.24) is 4.90 Å². The third-order valence-electron chi connectivity index (χ3n) is 3.30. The fourth-order valence-electron chi connectivity index (χ4n) is 2.55. The zero-order chi connectivity index (χ0) is 9.59. The van der Waals surface area contributed by atoms with Gasteiger partial charge in [0, 0.05) is 19.5 Å². The largest absolute Gasteiger partial charge is 0.481 e. The summed E-state index contributed by atoms with van der Waals surface area (Å²) in [5, 5.41) is 8.93. The molecule has 2 bridgehead atoms. The Labute approximate surface area is 76.5 Å². The Bertz CT molecular complexity index is 264. The number of hydrogen-bond acceptors (Lipinski definition) is 2. The van der Waals surface area contributed by atoms with Crippen LogP contribution in [0, 0.1) is 11.8 Å². The van der Waals surface area contributed by atoms with E-state index in [2.05, 4.69) is 0 Å². The number of likely N-dealkylation sites (tertiary alicyclic amines) is 1. The lowest BCUT2D eigenvalue weighted by molar-refractivity contribution is -0.144. The van der Waals surface area contributed by atoms with Gasteiger partial charge in [0.05, 0.1) is 5.92 Å². The molecular weight excluding hydrogens is 170 g/mol. The molecule has 13 heavy (non-hydrogen) atoms. The number of hydrogen-bond donors (Lipinski definition) is 1. The molecule has 1 amide bonds. The minimum Gasteiger partial charge on any atom is -0.481 e. The first-order chi connectivity index (χ1) is 6.09. The van der Waals surface area contributed by atoms with Crippen molar-refractivity contribution in [3.05, 3.63) is 0 Å². The van der Waals surface area contributed by atoms with Gasteiger partial charge in [-0.05, 0) is 18.8 Å². The Hall–Kier alpha value is -1.06. The maximum Gasteiger partial charge on any atom is 0.308 e. The predicted octanol–water partition coefficient (Wildman–Crippen LogP) is 0.328. The van der Waals surface area contributed by atoms with Crippen LogP contribution in [0.2, 0.25) is 0 Å². The summed E-state index contributed by atoms with van der Waals surface area (Å²) in [4.78, 5) is 23.8. The van der Waals surface area contributed by atoms with Crippen molar-refractivity contribution in [1.29, 1.82) is 0 Å². The van der Waals surface area contributed by atoms with Gasteiger partial charge in [0.15, 0.2) is 0 Å². The number of carbonyl (C=O) groups is 2. The van der Waals surface area contributed by atoms with Crippen LogP contribution in [0.4, 0.5) is 0 Å². The minimum atomic E-state index is -0.756. The third kappa shape index (κ3) is 1.20. The smallest absolute Gasteiger partial charge is 0.308 e. The number of carboxylic acids is 1. The van der Waals surface area contributed by atoms with Gasteiger partial charge in [-0.25, -0.2) is 0 Å². The Morgan fingerprint density at radius 3 is 2.85 bits per heavy atom. The lowest BCUT2D eigenvalue weighted by atomic mass is 9.99. The summed E-state index contributed by atoms with van der Waals surface area (Å²) in [6, 6.07) is -0.0521. The molecule has 0 spiro atoms. The van der Waals surface area contributed by atoms with Gasteiger partial charge in [-0.3, -0.25) is 9.59 Å². The first-order valence-corrected chi connectivity index (χ1v) is 4.58. The van der Waals surface area contributed by atoms with E-state index in [4.69, 9.17) is 5.11 Å². The summed E-state index contributed by atoms with van der Waals surface area (Å²) in [7, 11) is 1.71. The molecule has 4 heteroatoms. The molecule has 0 aromatic rings. The number of fused-ring (bicyclic) bond motifs is 2. The quantitative estimate of drug-likeness (QED) is 0.637. The molecule has 2 rings (SSSR count).